The summed E-state index contributed by atoms with van der Waals surface area (Å²) in [6.07, 6.45) is 1.65. The average molecular weight is 369 g/mol. The molecular weight excluding hydrogens is 352 g/mol. The summed E-state index contributed by atoms with van der Waals surface area (Å²) in [5.41, 5.74) is 6.99. The Balaban J connectivity index is 1.85. The minimum atomic E-state index is -1.02. The number of halogens is 1. The van der Waals surface area contributed by atoms with Gasteiger partial charge >= 0.3 is 5.97 Å². The fourth-order valence-electron chi connectivity index (χ4n) is 2.57. The van der Waals surface area contributed by atoms with Gasteiger partial charge in [-0.15, -0.1) is 0 Å². The Morgan fingerprint density at radius 2 is 1.96 bits per heavy atom. The van der Waals surface area contributed by atoms with Crippen LogP contribution in [0, 0.1) is 13.8 Å². The Labute approximate surface area is 155 Å². The number of nitrogens with zero attached hydrogens (tertiary/aromatic N) is 3. The Hall–Kier alpha value is -3.12. The zero-order valence-corrected chi connectivity index (χ0v) is 15.0. The van der Waals surface area contributed by atoms with Crippen molar-refractivity contribution in [2.75, 3.05) is 5.43 Å². The second-order valence-electron chi connectivity index (χ2n) is 5.70. The maximum absolute atomic E-state index is 11.1. The van der Waals surface area contributed by atoms with E-state index < -0.39 is 5.97 Å². The van der Waals surface area contributed by atoms with Crippen LogP contribution in [-0.4, -0.2) is 27.1 Å². The van der Waals surface area contributed by atoms with Gasteiger partial charge in [0.25, 0.3) is 0 Å². The number of hydrogen-bond acceptors (Lipinski definition) is 4. The minimum absolute atomic E-state index is 0.136. The van der Waals surface area contributed by atoms with Crippen molar-refractivity contribution in [1.82, 2.24) is 9.78 Å². The largest absolute Gasteiger partial charge is 0.478 e. The number of nitrogens with one attached hydrogen (secondary N) is 1. The Morgan fingerprint density at radius 3 is 2.65 bits per heavy atom. The minimum Gasteiger partial charge on any atom is -0.478 e. The molecule has 0 saturated heterocycles. The fourth-order valence-corrected chi connectivity index (χ4v) is 2.73. The van der Waals surface area contributed by atoms with E-state index in [-0.39, 0.29) is 5.56 Å². The highest BCUT2D eigenvalue weighted by Crippen LogP contribution is 2.23. The second-order valence-corrected chi connectivity index (χ2v) is 6.11. The Kier molecular flexibility index (Phi) is 5.04. The smallest absolute Gasteiger partial charge is 0.335 e. The fraction of sp³-hybridized carbons (Fsp3) is 0.105. The van der Waals surface area contributed by atoms with Crippen LogP contribution in [0.3, 0.4) is 0 Å². The number of carbonyl (C=O) groups is 1. The normalized spacial score (nSPS) is 11.0. The number of anilines is 1. The van der Waals surface area contributed by atoms with E-state index in [4.69, 9.17) is 16.7 Å². The highest BCUT2D eigenvalue weighted by molar-refractivity contribution is 6.33. The molecule has 6 nitrogen and oxygen atoms in total. The summed E-state index contributed by atoms with van der Waals surface area (Å²) in [6, 6.07) is 14.2. The number of para-hydroxylation sites is 1. The van der Waals surface area contributed by atoms with E-state index in [1.165, 1.54) is 18.2 Å². The van der Waals surface area contributed by atoms with Crippen molar-refractivity contribution < 1.29 is 9.90 Å². The van der Waals surface area contributed by atoms with E-state index in [0.717, 1.165) is 22.6 Å². The molecule has 0 fully saturated rings. The molecule has 2 N–H and O–H groups in total. The number of benzene rings is 2. The molecule has 26 heavy (non-hydrogen) atoms. The van der Waals surface area contributed by atoms with Crippen LogP contribution in [0.15, 0.2) is 53.6 Å². The molecule has 3 rings (SSSR count). The molecule has 0 radical (unpaired) electrons. The summed E-state index contributed by atoms with van der Waals surface area (Å²) in [6.45, 7) is 3.87. The van der Waals surface area contributed by atoms with Gasteiger partial charge in [0, 0.05) is 5.56 Å². The van der Waals surface area contributed by atoms with Gasteiger partial charge in [-0.2, -0.15) is 10.2 Å². The SMILES string of the molecule is Cc1nn(-c2ccccc2)c(C)c1/C=N\Nc1cc(C(=O)O)ccc1Cl. The molecule has 0 unspecified atom stereocenters. The molecule has 7 heteroatoms. The lowest BCUT2D eigenvalue weighted by Crippen LogP contribution is -2.00. The molecule has 0 bridgehead atoms. The third kappa shape index (κ3) is 3.60. The van der Waals surface area contributed by atoms with Crippen molar-refractivity contribution in [2.45, 2.75) is 13.8 Å². The first-order chi connectivity index (χ1) is 12.5. The van der Waals surface area contributed by atoms with Crippen molar-refractivity contribution in [3.8, 4) is 5.69 Å². The first kappa shape index (κ1) is 17.7. The van der Waals surface area contributed by atoms with Crippen LogP contribution in [0.25, 0.3) is 5.69 Å². The van der Waals surface area contributed by atoms with Crippen LogP contribution >= 0.6 is 11.6 Å². The number of aryl methyl sites for hydroxylation is 1. The Morgan fingerprint density at radius 1 is 1.23 bits per heavy atom. The first-order valence-electron chi connectivity index (χ1n) is 7.91. The number of carboxylic acids is 1. The van der Waals surface area contributed by atoms with Gasteiger partial charge in [-0.25, -0.2) is 9.48 Å². The number of aromatic carboxylic acids is 1. The van der Waals surface area contributed by atoms with Gasteiger partial charge in [-0.1, -0.05) is 29.8 Å². The van der Waals surface area contributed by atoms with E-state index in [1.807, 2.05) is 48.9 Å². The lowest BCUT2D eigenvalue weighted by atomic mass is 10.2. The van der Waals surface area contributed by atoms with E-state index in [9.17, 15) is 4.79 Å². The van der Waals surface area contributed by atoms with Crippen LogP contribution in [-0.2, 0) is 0 Å². The van der Waals surface area contributed by atoms with Gasteiger partial charge in [0.15, 0.2) is 0 Å². The number of hydrazone groups is 1. The zero-order valence-electron chi connectivity index (χ0n) is 14.3. The van der Waals surface area contributed by atoms with Crippen molar-refractivity contribution in [2.24, 2.45) is 5.10 Å². The summed E-state index contributed by atoms with van der Waals surface area (Å²) < 4.78 is 1.86. The van der Waals surface area contributed by atoms with Crippen LogP contribution in [0.2, 0.25) is 5.02 Å². The zero-order chi connectivity index (χ0) is 18.7. The lowest BCUT2D eigenvalue weighted by molar-refractivity contribution is 0.0697. The number of hydrogen-bond donors (Lipinski definition) is 2. The van der Waals surface area contributed by atoms with Crippen molar-refractivity contribution in [3.05, 3.63) is 76.1 Å². The molecule has 0 atom stereocenters. The standard InChI is InChI=1S/C19H17ClN4O2/c1-12-16(13(2)24(23-12)15-6-4-3-5-7-15)11-21-22-18-10-14(19(25)26)8-9-17(18)20/h3-11,22H,1-2H3,(H,25,26)/b21-11-. The molecule has 1 aromatic heterocycles. The van der Waals surface area contributed by atoms with Gasteiger partial charge in [-0.05, 0) is 44.2 Å². The molecule has 0 saturated carbocycles. The summed E-state index contributed by atoms with van der Waals surface area (Å²) in [4.78, 5) is 11.1. The molecule has 1 heterocycles. The van der Waals surface area contributed by atoms with Crippen LogP contribution in [0.1, 0.15) is 27.3 Å². The van der Waals surface area contributed by atoms with Gasteiger partial charge in [0.1, 0.15) is 0 Å². The van der Waals surface area contributed by atoms with E-state index in [1.54, 1.807) is 6.21 Å². The molecule has 0 spiro atoms. The van der Waals surface area contributed by atoms with Gasteiger partial charge in [0.05, 0.1) is 39.6 Å². The number of rotatable bonds is 5. The lowest BCUT2D eigenvalue weighted by Gasteiger charge is -2.05. The van der Waals surface area contributed by atoms with Crippen molar-refractivity contribution >= 4 is 29.5 Å². The molecule has 3 aromatic rings. The maximum atomic E-state index is 11.1. The molecule has 0 aliphatic heterocycles. The third-order valence-corrected chi connectivity index (χ3v) is 4.27. The number of aromatic nitrogens is 2. The highest BCUT2D eigenvalue weighted by Gasteiger charge is 2.11. The third-order valence-electron chi connectivity index (χ3n) is 3.94. The monoisotopic (exact) mass is 368 g/mol. The summed E-state index contributed by atoms with van der Waals surface area (Å²) in [7, 11) is 0. The Bertz CT molecular complexity index is 981. The quantitative estimate of drug-likeness (QED) is 0.520. The average Bonchev–Trinajstić information content (AvgIpc) is 2.92. The summed E-state index contributed by atoms with van der Waals surface area (Å²) >= 11 is 6.08. The molecule has 132 valence electrons. The van der Waals surface area contributed by atoms with Gasteiger partial charge in [0.2, 0.25) is 0 Å². The van der Waals surface area contributed by atoms with Gasteiger partial charge < -0.3 is 5.11 Å². The predicted octanol–water partition coefficient (Wildman–Crippen LogP) is 4.29. The van der Waals surface area contributed by atoms with Crippen LogP contribution in [0.5, 0.6) is 0 Å². The van der Waals surface area contributed by atoms with E-state index >= 15 is 0 Å². The topological polar surface area (TPSA) is 79.5 Å². The number of carboxylic acid groups (broad SMARTS) is 1. The molecular formula is C19H17ClN4O2. The van der Waals surface area contributed by atoms with E-state index in [0.29, 0.717) is 10.7 Å². The molecule has 0 aliphatic carbocycles. The first-order valence-corrected chi connectivity index (χ1v) is 8.28. The molecule has 0 aliphatic rings. The predicted molar refractivity (Wildman–Crippen MR) is 103 cm³/mol. The second kappa shape index (κ2) is 7.41. The summed E-state index contributed by atoms with van der Waals surface area (Å²) in [5, 5.41) is 18.2. The molecule has 0 amide bonds. The maximum Gasteiger partial charge on any atom is 0.335 e. The highest BCUT2D eigenvalue weighted by atomic mass is 35.5. The van der Waals surface area contributed by atoms with Crippen molar-refractivity contribution in [1.29, 1.82) is 0 Å². The van der Waals surface area contributed by atoms with E-state index in [2.05, 4.69) is 15.6 Å². The van der Waals surface area contributed by atoms with Crippen LogP contribution in [0.4, 0.5) is 5.69 Å². The summed E-state index contributed by atoms with van der Waals surface area (Å²) in [5.74, 6) is -1.02. The van der Waals surface area contributed by atoms with Crippen LogP contribution < -0.4 is 5.43 Å². The van der Waals surface area contributed by atoms with Gasteiger partial charge in [-0.3, -0.25) is 5.43 Å². The van der Waals surface area contributed by atoms with Crippen molar-refractivity contribution in [3.63, 3.8) is 0 Å². The molecule has 2 aromatic carbocycles.